The summed E-state index contributed by atoms with van der Waals surface area (Å²) in [5.41, 5.74) is 4.20. The number of hydrogen-bond donors (Lipinski definition) is 0. The van der Waals surface area contributed by atoms with Gasteiger partial charge in [0, 0.05) is 22.9 Å². The van der Waals surface area contributed by atoms with Gasteiger partial charge in [0.05, 0.1) is 5.02 Å². The van der Waals surface area contributed by atoms with E-state index >= 15 is 0 Å². The van der Waals surface area contributed by atoms with E-state index in [0.29, 0.717) is 10.5 Å². The van der Waals surface area contributed by atoms with Gasteiger partial charge in [-0.05, 0) is 34.1 Å². The van der Waals surface area contributed by atoms with Crippen LogP contribution in [0.1, 0.15) is 26.5 Å². The fourth-order valence-electron chi connectivity index (χ4n) is 2.00. The Morgan fingerprint density at radius 1 is 1.05 bits per heavy atom. The van der Waals surface area contributed by atoms with Crippen LogP contribution in [0.3, 0.4) is 0 Å². The van der Waals surface area contributed by atoms with E-state index in [0.717, 1.165) is 22.3 Å². The Morgan fingerprint density at radius 3 is 2.50 bits per heavy atom. The number of pyridine rings is 1. The van der Waals surface area contributed by atoms with Gasteiger partial charge in [-0.2, -0.15) is 0 Å². The molecule has 0 atom stereocenters. The van der Waals surface area contributed by atoms with Crippen molar-refractivity contribution in [3.05, 3.63) is 41.2 Å². The molecule has 5 heteroatoms. The smallest absolute Gasteiger partial charge is 0.135 e. The summed E-state index contributed by atoms with van der Waals surface area (Å²) < 4.78 is 4.70. The Hall–Kier alpha value is -1.94. The maximum absolute atomic E-state index is 6.40. The average Bonchev–Trinajstić information content (AvgIpc) is 2.84. The highest BCUT2D eigenvalue weighted by Gasteiger charge is 2.17. The van der Waals surface area contributed by atoms with Gasteiger partial charge in [0.1, 0.15) is 11.0 Å². The summed E-state index contributed by atoms with van der Waals surface area (Å²) in [6.07, 6.45) is 1.80. The number of rotatable bonds is 1. The minimum atomic E-state index is -0.0256. The van der Waals surface area contributed by atoms with Crippen LogP contribution in [0, 0.1) is 0 Å². The van der Waals surface area contributed by atoms with Crippen molar-refractivity contribution in [2.45, 2.75) is 26.2 Å². The van der Waals surface area contributed by atoms with Crippen LogP contribution in [0.4, 0.5) is 0 Å². The molecule has 0 aliphatic rings. The second-order valence-corrected chi connectivity index (χ2v) is 6.17. The molecule has 4 nitrogen and oxygen atoms in total. The van der Waals surface area contributed by atoms with Crippen LogP contribution in [0.5, 0.6) is 0 Å². The summed E-state index contributed by atoms with van der Waals surface area (Å²) in [4.78, 5) is 4.51. The number of nitrogens with zero attached hydrogens (tertiary/aromatic N) is 3. The van der Waals surface area contributed by atoms with Crippen LogP contribution in [0.2, 0.25) is 5.02 Å². The molecule has 3 rings (SSSR count). The number of halogens is 1. The summed E-state index contributed by atoms with van der Waals surface area (Å²) in [6.45, 7) is 6.33. The van der Waals surface area contributed by atoms with E-state index in [1.807, 2.05) is 24.3 Å². The Balaban J connectivity index is 2.09. The van der Waals surface area contributed by atoms with Gasteiger partial charge in [0.2, 0.25) is 0 Å². The second-order valence-electron chi connectivity index (χ2n) is 5.77. The molecule has 2 heterocycles. The third-order valence-corrected chi connectivity index (χ3v) is 3.50. The van der Waals surface area contributed by atoms with Crippen molar-refractivity contribution in [1.29, 1.82) is 0 Å². The summed E-state index contributed by atoms with van der Waals surface area (Å²) >= 11 is 6.40. The minimum absolute atomic E-state index is 0.0256. The molecule has 2 aromatic heterocycles. The van der Waals surface area contributed by atoms with E-state index in [1.165, 1.54) is 0 Å². The zero-order valence-electron chi connectivity index (χ0n) is 11.5. The lowest BCUT2D eigenvalue weighted by atomic mass is 9.91. The van der Waals surface area contributed by atoms with Crippen molar-refractivity contribution in [3.8, 4) is 11.1 Å². The number of hydrogen-bond acceptors (Lipinski definition) is 4. The second kappa shape index (κ2) is 4.56. The predicted octanol–water partition coefficient (Wildman–Crippen LogP) is 4.24. The molecule has 0 N–H and O–H groups in total. The highest BCUT2D eigenvalue weighted by atomic mass is 35.5. The Morgan fingerprint density at radius 2 is 1.80 bits per heavy atom. The Labute approximate surface area is 121 Å². The average molecular weight is 288 g/mol. The maximum atomic E-state index is 6.40. The molecule has 1 aromatic carbocycles. The first kappa shape index (κ1) is 13.1. The molecule has 0 unspecified atom stereocenters. The van der Waals surface area contributed by atoms with Gasteiger partial charge in [-0.15, -0.1) is 0 Å². The first-order valence-electron chi connectivity index (χ1n) is 6.34. The SMILES string of the molecule is CC(C)(C)c1cc(Cl)c(-c2ccc3nonc3c2)cn1. The molecule has 0 amide bonds. The summed E-state index contributed by atoms with van der Waals surface area (Å²) in [5, 5.41) is 8.31. The molecule has 0 saturated carbocycles. The molecule has 0 fully saturated rings. The lowest BCUT2D eigenvalue weighted by Crippen LogP contribution is -2.13. The third kappa shape index (κ3) is 2.27. The molecular weight excluding hydrogens is 274 g/mol. The molecular formula is C15H14ClN3O. The predicted molar refractivity (Wildman–Crippen MR) is 78.7 cm³/mol. The fraction of sp³-hybridized carbons (Fsp3) is 0.267. The van der Waals surface area contributed by atoms with E-state index in [-0.39, 0.29) is 5.41 Å². The first-order valence-corrected chi connectivity index (χ1v) is 6.72. The molecule has 0 radical (unpaired) electrons. The highest BCUT2D eigenvalue weighted by Crippen LogP contribution is 2.32. The number of aromatic nitrogens is 3. The van der Waals surface area contributed by atoms with Crippen LogP contribution < -0.4 is 0 Å². The summed E-state index contributed by atoms with van der Waals surface area (Å²) in [6, 6.07) is 7.61. The Bertz CT molecular complexity index is 774. The molecule has 0 saturated heterocycles. The largest absolute Gasteiger partial charge is 0.260 e. The quantitative estimate of drug-likeness (QED) is 0.672. The molecule has 0 bridgehead atoms. The fourth-order valence-corrected chi connectivity index (χ4v) is 2.26. The van der Waals surface area contributed by atoms with Gasteiger partial charge in [-0.3, -0.25) is 4.98 Å². The van der Waals surface area contributed by atoms with Crippen molar-refractivity contribution in [1.82, 2.24) is 15.3 Å². The van der Waals surface area contributed by atoms with E-state index in [9.17, 15) is 0 Å². The monoisotopic (exact) mass is 287 g/mol. The maximum Gasteiger partial charge on any atom is 0.135 e. The topological polar surface area (TPSA) is 51.8 Å². The van der Waals surface area contributed by atoms with E-state index < -0.39 is 0 Å². The van der Waals surface area contributed by atoms with Gasteiger partial charge >= 0.3 is 0 Å². The number of fused-ring (bicyclic) bond motifs is 1. The van der Waals surface area contributed by atoms with Gasteiger partial charge in [-0.1, -0.05) is 38.4 Å². The van der Waals surface area contributed by atoms with Gasteiger partial charge < -0.3 is 0 Å². The zero-order valence-corrected chi connectivity index (χ0v) is 12.3. The Kier molecular flexibility index (Phi) is 2.98. The van der Waals surface area contributed by atoms with E-state index in [2.05, 4.69) is 36.1 Å². The summed E-state index contributed by atoms with van der Waals surface area (Å²) in [7, 11) is 0. The van der Waals surface area contributed by atoms with Crippen molar-refractivity contribution >= 4 is 22.6 Å². The molecule has 102 valence electrons. The van der Waals surface area contributed by atoms with Crippen LogP contribution in [-0.2, 0) is 5.41 Å². The minimum Gasteiger partial charge on any atom is -0.260 e. The lowest BCUT2D eigenvalue weighted by molar-refractivity contribution is 0.315. The van der Waals surface area contributed by atoms with Gasteiger partial charge in [0.15, 0.2) is 0 Å². The normalized spacial score (nSPS) is 12.0. The van der Waals surface area contributed by atoms with Crippen molar-refractivity contribution in [3.63, 3.8) is 0 Å². The van der Waals surface area contributed by atoms with E-state index in [4.69, 9.17) is 16.2 Å². The van der Waals surface area contributed by atoms with Crippen molar-refractivity contribution in [2.75, 3.05) is 0 Å². The summed E-state index contributed by atoms with van der Waals surface area (Å²) in [5.74, 6) is 0. The van der Waals surface area contributed by atoms with Gasteiger partial charge in [-0.25, -0.2) is 4.63 Å². The van der Waals surface area contributed by atoms with Crippen molar-refractivity contribution < 1.29 is 4.63 Å². The zero-order chi connectivity index (χ0) is 14.3. The van der Waals surface area contributed by atoms with Crippen molar-refractivity contribution in [2.24, 2.45) is 0 Å². The van der Waals surface area contributed by atoms with Crippen LogP contribution in [0.15, 0.2) is 35.1 Å². The third-order valence-electron chi connectivity index (χ3n) is 3.19. The van der Waals surface area contributed by atoms with Crippen LogP contribution in [-0.4, -0.2) is 15.3 Å². The molecule has 0 aliphatic carbocycles. The van der Waals surface area contributed by atoms with Crippen LogP contribution in [0.25, 0.3) is 22.2 Å². The molecule has 20 heavy (non-hydrogen) atoms. The molecule has 3 aromatic rings. The highest BCUT2D eigenvalue weighted by molar-refractivity contribution is 6.33. The number of benzene rings is 1. The lowest BCUT2D eigenvalue weighted by Gasteiger charge is -2.18. The van der Waals surface area contributed by atoms with Gasteiger partial charge in [0.25, 0.3) is 0 Å². The molecule has 0 spiro atoms. The molecule has 0 aliphatic heterocycles. The standard InChI is InChI=1S/C15H14ClN3O/c1-15(2,3)14-7-11(16)10(8-17-14)9-4-5-12-13(6-9)19-20-18-12/h4-8H,1-3H3. The van der Waals surface area contributed by atoms with E-state index in [1.54, 1.807) is 6.20 Å². The first-order chi connectivity index (χ1) is 9.45. The van der Waals surface area contributed by atoms with Crippen LogP contribution >= 0.6 is 11.6 Å².